The molecule has 3 aliphatic rings. The molecule has 0 spiro atoms. The molecule has 0 aliphatic carbocycles. The van der Waals surface area contributed by atoms with E-state index in [2.05, 4.69) is 106 Å². The highest BCUT2D eigenvalue weighted by molar-refractivity contribution is 14.1. The molecule has 0 atom stereocenters. The van der Waals surface area contributed by atoms with Crippen molar-refractivity contribution in [1.29, 1.82) is 0 Å². The van der Waals surface area contributed by atoms with Crippen LogP contribution in [0.3, 0.4) is 0 Å². The van der Waals surface area contributed by atoms with Gasteiger partial charge in [-0.3, -0.25) is 19.3 Å². The van der Waals surface area contributed by atoms with Crippen LogP contribution in [0.4, 0.5) is 51.9 Å². The Labute approximate surface area is 534 Å². The molecule has 466 valence electrons. The summed E-state index contributed by atoms with van der Waals surface area (Å²) in [4.78, 5) is 31.7. The van der Waals surface area contributed by atoms with Crippen molar-refractivity contribution in [3.05, 3.63) is 158 Å². The summed E-state index contributed by atoms with van der Waals surface area (Å²) in [5.41, 5.74) is 12.8. The normalized spacial score (nSPS) is 15.4. The van der Waals surface area contributed by atoms with Gasteiger partial charge in [0, 0.05) is 141 Å². The van der Waals surface area contributed by atoms with Gasteiger partial charge in [-0.25, -0.2) is 37.5 Å². The van der Waals surface area contributed by atoms with Gasteiger partial charge in [-0.1, -0.05) is 12.1 Å². The molecule has 0 unspecified atom stereocenters. The third-order valence-electron chi connectivity index (χ3n) is 17.1. The van der Waals surface area contributed by atoms with Crippen LogP contribution in [0.15, 0.2) is 97.6 Å². The van der Waals surface area contributed by atoms with Crippen molar-refractivity contribution in [1.82, 2.24) is 49.5 Å². The molecule has 3 fully saturated rings. The number of pyridine rings is 6. The molecule has 3 saturated heterocycles. The smallest absolute Gasteiger partial charge is 0.399 e. The number of ether oxygens (including phenoxy) is 2. The number of hydrogen-bond acceptors (Lipinski definition) is 16. The first kappa shape index (κ1) is 63.4. The number of nitrogens with one attached hydrogen (secondary N) is 2. The number of rotatable bonds is 10. The van der Waals surface area contributed by atoms with Crippen molar-refractivity contribution in [2.24, 2.45) is 14.1 Å². The van der Waals surface area contributed by atoms with Gasteiger partial charge in [0.05, 0.1) is 120 Å². The molecular formula is C66H70BF4IN14O4. The summed E-state index contributed by atoms with van der Waals surface area (Å²) in [7, 11) is 3.53. The maximum atomic E-state index is 15.5. The van der Waals surface area contributed by atoms with Gasteiger partial charge in [0.15, 0.2) is 0 Å². The van der Waals surface area contributed by atoms with Crippen LogP contribution in [-0.4, -0.2) is 120 Å². The number of anilines is 6. The molecular weight excluding hydrogens is 1270 g/mol. The van der Waals surface area contributed by atoms with E-state index >= 15 is 8.78 Å². The predicted molar refractivity (Wildman–Crippen MR) is 353 cm³/mol. The van der Waals surface area contributed by atoms with Crippen molar-refractivity contribution in [3.8, 4) is 33.9 Å². The van der Waals surface area contributed by atoms with E-state index in [0.717, 1.165) is 91.2 Å². The second kappa shape index (κ2) is 26.0. The van der Waals surface area contributed by atoms with Crippen molar-refractivity contribution in [3.63, 3.8) is 0 Å². The number of nitrogens with zero attached hydrogens (tertiary/aromatic N) is 12. The molecule has 0 amide bonds. The fraction of sp³-hybridized carbons (Fsp3) is 0.333. The molecule has 8 aromatic heterocycles. The molecule has 10 aromatic rings. The molecule has 11 heterocycles. The highest BCUT2D eigenvalue weighted by atomic mass is 127. The molecule has 2 N–H and O–H groups in total. The molecule has 0 saturated carbocycles. The summed E-state index contributed by atoms with van der Waals surface area (Å²) in [5.74, 6) is -1.15. The van der Waals surface area contributed by atoms with Crippen LogP contribution in [0, 0.1) is 68.4 Å². The summed E-state index contributed by atoms with van der Waals surface area (Å²) in [6.45, 7) is 25.4. The van der Waals surface area contributed by atoms with Crippen molar-refractivity contribution >= 4 is 91.4 Å². The number of benzene rings is 2. The first-order valence-corrected chi connectivity index (χ1v) is 30.7. The summed E-state index contributed by atoms with van der Waals surface area (Å²) in [6.07, 6.45) is 6.95. The summed E-state index contributed by atoms with van der Waals surface area (Å²) < 4.78 is 86.6. The molecule has 90 heavy (non-hydrogen) atoms. The molecule has 0 radical (unpaired) electrons. The second-order valence-corrected chi connectivity index (χ2v) is 24.6. The van der Waals surface area contributed by atoms with E-state index in [0.29, 0.717) is 84.8 Å². The summed E-state index contributed by atoms with van der Waals surface area (Å²) in [6, 6.07) is 19.2. The number of halogens is 5. The predicted octanol–water partition coefficient (Wildman–Crippen LogP) is 12.7. The topological polar surface area (TPSA) is 180 Å². The Kier molecular flexibility index (Phi) is 18.3. The van der Waals surface area contributed by atoms with E-state index in [-0.39, 0.29) is 40.1 Å². The van der Waals surface area contributed by atoms with Crippen LogP contribution in [0.5, 0.6) is 0 Å². The average molecular weight is 1340 g/mol. The van der Waals surface area contributed by atoms with Gasteiger partial charge in [0.25, 0.3) is 0 Å². The third kappa shape index (κ3) is 12.8. The van der Waals surface area contributed by atoms with Crippen LogP contribution < -0.4 is 25.9 Å². The highest BCUT2D eigenvalue weighted by Crippen LogP contribution is 2.43. The number of fused-ring (bicyclic) bond motifs is 2. The Morgan fingerprint density at radius 3 is 1.46 bits per heavy atom. The number of hydrogen-bond donors (Lipinski definition) is 2. The average Bonchev–Trinajstić information content (AvgIpc) is 1.41. The van der Waals surface area contributed by atoms with Crippen LogP contribution in [0.1, 0.15) is 61.6 Å². The molecule has 3 aliphatic heterocycles. The second-order valence-electron chi connectivity index (χ2n) is 23.4. The van der Waals surface area contributed by atoms with Crippen molar-refractivity contribution < 1.29 is 36.3 Å². The maximum Gasteiger partial charge on any atom is 0.498 e. The zero-order chi connectivity index (χ0) is 63.9. The zero-order valence-corrected chi connectivity index (χ0v) is 54.5. The van der Waals surface area contributed by atoms with Gasteiger partial charge in [0.1, 0.15) is 34.9 Å². The Morgan fingerprint density at radius 2 is 1.01 bits per heavy atom. The van der Waals surface area contributed by atoms with Gasteiger partial charge in [-0.05, 0) is 116 Å². The zero-order valence-electron chi connectivity index (χ0n) is 52.4. The first-order valence-electron chi connectivity index (χ1n) is 29.6. The van der Waals surface area contributed by atoms with Crippen LogP contribution in [-0.2, 0) is 32.9 Å². The molecule has 0 bridgehead atoms. The standard InChI is InChI=1S/C30H29F2N7O.C24H20F2IN5O.C12H21BN2O2/c1-17-29(23-7-5-6-8-33-23)36-25-14-20(31)13-22(32)28(25)30(17)35-24-15-26(39-9-11-40-12-10-39)34-16-21(24)27-18(2)37-38(4)19(27)3;1-14-23(18-4-2-3-5-28-18)31-20-11-15(25)10-16(26)22(20)24(14)30-19-12-21(29-13-17(19)27)32-6-8-33-9-7-32;1-8-10(9(2)15(7)14-8)13-16-11(3,4)12(5,6)17-13/h5-8,13-16H,9-12H2,1-4H3,(H,34,35,36);2-5,10-13H,6-9H2,1H3,(H,29,30,31);1-7H3. The lowest BCUT2D eigenvalue weighted by molar-refractivity contribution is 0.00578. The van der Waals surface area contributed by atoms with Gasteiger partial charge in [-0.2, -0.15) is 10.2 Å². The Morgan fingerprint density at radius 1 is 0.556 bits per heavy atom. The molecule has 18 nitrogen and oxygen atoms in total. The third-order valence-corrected chi connectivity index (χ3v) is 17.9. The lowest BCUT2D eigenvalue weighted by Crippen LogP contribution is -2.41. The molecule has 2 aromatic carbocycles. The fourth-order valence-electron chi connectivity index (χ4n) is 11.4. The van der Waals surface area contributed by atoms with Gasteiger partial charge in [-0.15, -0.1) is 0 Å². The van der Waals surface area contributed by atoms with E-state index in [1.807, 2.05) is 120 Å². The SMILES string of the molecule is Cc1c(-c2ccccn2)nc2cc(F)cc(F)c2c1Nc1cc(N2CCOCC2)ncc1I.Cc1nn(C)c(C)c1-c1cnc(N2CCOCC2)cc1Nc1c(C)c(-c2ccccn2)nc2cc(F)cc(F)c12.Cc1nn(C)c(C)c1B1OC(C)(C)C(C)(C)O1. The summed E-state index contributed by atoms with van der Waals surface area (Å²) >= 11 is 2.19. The van der Waals surface area contributed by atoms with Gasteiger partial charge in [0.2, 0.25) is 0 Å². The minimum Gasteiger partial charge on any atom is -0.399 e. The Balaban J connectivity index is 0.000000150. The Hall–Kier alpha value is -8.17. The van der Waals surface area contributed by atoms with Crippen molar-refractivity contribution in [2.75, 3.05) is 73.0 Å². The molecule has 24 heteroatoms. The number of aromatic nitrogens is 10. The highest BCUT2D eigenvalue weighted by Gasteiger charge is 2.53. The van der Waals surface area contributed by atoms with Gasteiger partial charge < -0.3 is 39.2 Å². The van der Waals surface area contributed by atoms with Gasteiger partial charge >= 0.3 is 7.12 Å². The summed E-state index contributed by atoms with van der Waals surface area (Å²) in [5, 5.41) is 16.4. The van der Waals surface area contributed by atoms with E-state index in [4.69, 9.17) is 23.8 Å². The Bertz CT molecular complexity index is 4300. The van der Waals surface area contributed by atoms with Crippen LogP contribution in [0.25, 0.3) is 55.7 Å². The number of morpholine rings is 2. The minimum atomic E-state index is -0.696. The van der Waals surface area contributed by atoms with E-state index in [1.54, 1.807) is 18.6 Å². The largest absolute Gasteiger partial charge is 0.498 e. The first-order chi connectivity index (χ1) is 43.0. The molecule has 13 rings (SSSR count). The van der Waals surface area contributed by atoms with Crippen LogP contribution in [0.2, 0.25) is 0 Å². The maximum absolute atomic E-state index is 15.5. The van der Waals surface area contributed by atoms with E-state index in [9.17, 15) is 8.78 Å². The van der Waals surface area contributed by atoms with Crippen LogP contribution >= 0.6 is 22.6 Å². The minimum absolute atomic E-state index is 0.198. The monoisotopic (exact) mass is 1340 g/mol. The quantitative estimate of drug-likeness (QED) is 0.0749. The lowest BCUT2D eigenvalue weighted by Gasteiger charge is -2.32. The van der Waals surface area contributed by atoms with Crippen molar-refractivity contribution in [2.45, 2.75) is 80.4 Å². The number of aryl methyl sites for hydroxylation is 4. The van der Waals surface area contributed by atoms with E-state index in [1.165, 1.54) is 12.1 Å². The fourth-order valence-corrected chi connectivity index (χ4v) is 11.8. The van der Waals surface area contributed by atoms with E-state index < -0.39 is 23.3 Å². The lowest BCUT2D eigenvalue weighted by atomic mass is 9.77.